The number of hydrazone groups is 1. The fourth-order valence-corrected chi connectivity index (χ4v) is 3.26. The standard InChI is InChI=1S/C17H18ClN7O4/c18-9-4-2-1-3-8(9)5-22-24-17-23-11-14(19)20-7-21-15(11)25(17)16-13(28)12(27)10(6-26)29-16/h1-5,7,10,12-13,16,26-28H,6H2,(H,23,24)(H2,19,20,21)/b22-5-/t10-,12-,13-,16-/m1/s1. The Bertz CT molecular complexity index is 1060. The number of nitrogens with one attached hydrogen (secondary N) is 1. The van der Waals surface area contributed by atoms with Gasteiger partial charge in [0.1, 0.15) is 24.6 Å². The van der Waals surface area contributed by atoms with Gasteiger partial charge < -0.3 is 25.8 Å². The molecule has 0 saturated carbocycles. The van der Waals surface area contributed by atoms with Crippen LogP contribution in [0.3, 0.4) is 0 Å². The van der Waals surface area contributed by atoms with E-state index in [9.17, 15) is 15.3 Å². The molecule has 4 rings (SSSR count). The lowest BCUT2D eigenvalue weighted by atomic mass is 10.1. The van der Waals surface area contributed by atoms with Crippen LogP contribution < -0.4 is 11.2 Å². The van der Waals surface area contributed by atoms with E-state index in [0.717, 1.165) is 0 Å². The lowest BCUT2D eigenvalue weighted by molar-refractivity contribution is -0.0501. The van der Waals surface area contributed by atoms with Crippen molar-refractivity contribution in [3.05, 3.63) is 41.2 Å². The van der Waals surface area contributed by atoms with Crippen LogP contribution in [0.25, 0.3) is 11.2 Å². The van der Waals surface area contributed by atoms with Gasteiger partial charge in [0.15, 0.2) is 23.2 Å². The van der Waals surface area contributed by atoms with Gasteiger partial charge in [-0.2, -0.15) is 5.10 Å². The second kappa shape index (κ2) is 7.89. The summed E-state index contributed by atoms with van der Waals surface area (Å²) in [6, 6.07) is 7.13. The van der Waals surface area contributed by atoms with Crippen LogP contribution in [-0.2, 0) is 4.74 Å². The molecule has 6 N–H and O–H groups in total. The van der Waals surface area contributed by atoms with E-state index in [1.54, 1.807) is 18.2 Å². The van der Waals surface area contributed by atoms with Crippen molar-refractivity contribution in [2.24, 2.45) is 5.10 Å². The normalized spacial score (nSPS) is 24.6. The number of hydrogen-bond donors (Lipinski definition) is 5. The van der Waals surface area contributed by atoms with Crippen molar-refractivity contribution in [3.8, 4) is 0 Å². The number of nitrogens with two attached hydrogens (primary N) is 1. The maximum absolute atomic E-state index is 10.4. The molecular weight excluding hydrogens is 402 g/mol. The maximum Gasteiger partial charge on any atom is 0.228 e. The molecule has 1 aliphatic rings. The van der Waals surface area contributed by atoms with Crippen molar-refractivity contribution in [2.75, 3.05) is 17.8 Å². The number of fused-ring (bicyclic) bond motifs is 1. The minimum absolute atomic E-state index is 0.124. The van der Waals surface area contributed by atoms with Crippen molar-refractivity contribution in [2.45, 2.75) is 24.5 Å². The first-order valence-corrected chi connectivity index (χ1v) is 9.03. The second-order valence-electron chi connectivity index (χ2n) is 6.36. The van der Waals surface area contributed by atoms with Crippen LogP contribution in [0, 0.1) is 0 Å². The number of anilines is 2. The highest BCUT2D eigenvalue weighted by Gasteiger charge is 2.45. The third-order valence-electron chi connectivity index (χ3n) is 4.55. The van der Waals surface area contributed by atoms with Gasteiger partial charge in [0.05, 0.1) is 12.8 Å². The van der Waals surface area contributed by atoms with Gasteiger partial charge in [-0.1, -0.05) is 29.8 Å². The van der Waals surface area contributed by atoms with Gasteiger partial charge in [-0.3, -0.25) is 4.57 Å². The Kier molecular flexibility index (Phi) is 5.30. The number of nitrogen functional groups attached to an aromatic ring is 1. The summed E-state index contributed by atoms with van der Waals surface area (Å²) in [5.41, 5.74) is 9.85. The molecule has 1 fully saturated rings. The Morgan fingerprint density at radius 1 is 1.28 bits per heavy atom. The predicted octanol–water partition coefficient (Wildman–Crippen LogP) is 0.119. The molecule has 1 aliphatic heterocycles. The van der Waals surface area contributed by atoms with Crippen LogP contribution in [-0.4, -0.2) is 66.0 Å². The fraction of sp³-hybridized carbons (Fsp3) is 0.294. The molecule has 0 spiro atoms. The van der Waals surface area contributed by atoms with Gasteiger partial charge in [0, 0.05) is 10.6 Å². The van der Waals surface area contributed by atoms with E-state index in [1.165, 1.54) is 17.1 Å². The van der Waals surface area contributed by atoms with Crippen molar-refractivity contribution in [1.82, 2.24) is 19.5 Å². The zero-order chi connectivity index (χ0) is 20.5. The van der Waals surface area contributed by atoms with E-state index in [-0.39, 0.29) is 22.9 Å². The smallest absolute Gasteiger partial charge is 0.228 e. The Balaban J connectivity index is 1.73. The van der Waals surface area contributed by atoms with Gasteiger partial charge >= 0.3 is 0 Å². The molecule has 152 valence electrons. The summed E-state index contributed by atoms with van der Waals surface area (Å²) in [5.74, 6) is 0.268. The second-order valence-corrected chi connectivity index (χ2v) is 6.76. The molecule has 2 aromatic heterocycles. The fourth-order valence-electron chi connectivity index (χ4n) is 3.08. The van der Waals surface area contributed by atoms with Crippen LogP contribution in [0.1, 0.15) is 11.8 Å². The van der Waals surface area contributed by atoms with E-state index in [0.29, 0.717) is 10.6 Å². The lowest BCUT2D eigenvalue weighted by Gasteiger charge is -2.18. The zero-order valence-corrected chi connectivity index (χ0v) is 15.7. The Morgan fingerprint density at radius 2 is 2.07 bits per heavy atom. The minimum atomic E-state index is -1.34. The van der Waals surface area contributed by atoms with Gasteiger partial charge in [0.2, 0.25) is 5.95 Å². The minimum Gasteiger partial charge on any atom is -0.394 e. The molecule has 12 heteroatoms. The van der Waals surface area contributed by atoms with Gasteiger partial charge in [-0.25, -0.2) is 20.4 Å². The molecule has 4 atom stereocenters. The Labute approximate surface area is 169 Å². The van der Waals surface area contributed by atoms with E-state index >= 15 is 0 Å². The van der Waals surface area contributed by atoms with Crippen LogP contribution in [0.4, 0.5) is 11.8 Å². The average Bonchev–Trinajstić information content (AvgIpc) is 3.22. The Morgan fingerprint density at radius 3 is 2.79 bits per heavy atom. The SMILES string of the molecule is Nc1ncnc2c1nc(N/N=C\c1ccccc1Cl)n2[C@@H]1O[C@H](CO)[C@@H](O)[C@H]1O. The molecule has 0 radical (unpaired) electrons. The summed E-state index contributed by atoms with van der Waals surface area (Å²) in [6.45, 7) is -0.466. The number of hydrogen-bond acceptors (Lipinski definition) is 10. The number of halogens is 1. The number of benzene rings is 1. The molecule has 11 nitrogen and oxygen atoms in total. The first-order valence-electron chi connectivity index (χ1n) is 8.65. The van der Waals surface area contributed by atoms with E-state index in [2.05, 4.69) is 25.5 Å². The monoisotopic (exact) mass is 419 g/mol. The molecule has 0 aliphatic carbocycles. The lowest BCUT2D eigenvalue weighted by Crippen LogP contribution is -2.33. The Hall–Kier alpha value is -2.83. The number of ether oxygens (including phenoxy) is 1. The molecule has 3 aromatic rings. The topological polar surface area (TPSA) is 164 Å². The third kappa shape index (κ3) is 3.50. The number of nitrogens with zero attached hydrogens (tertiary/aromatic N) is 5. The molecular formula is C17H18ClN7O4. The summed E-state index contributed by atoms with van der Waals surface area (Å²) in [5, 5.41) is 34.6. The summed E-state index contributed by atoms with van der Waals surface area (Å²) < 4.78 is 7.01. The first-order chi connectivity index (χ1) is 14.0. The number of rotatable bonds is 5. The molecule has 0 bridgehead atoms. The molecule has 3 heterocycles. The molecule has 1 aromatic carbocycles. The molecule has 0 unspecified atom stereocenters. The number of aliphatic hydroxyl groups excluding tert-OH is 3. The van der Waals surface area contributed by atoms with Crippen LogP contribution in [0.5, 0.6) is 0 Å². The van der Waals surface area contributed by atoms with Crippen LogP contribution >= 0.6 is 11.6 Å². The van der Waals surface area contributed by atoms with E-state index in [4.69, 9.17) is 22.1 Å². The van der Waals surface area contributed by atoms with Gasteiger partial charge in [-0.05, 0) is 6.07 Å². The third-order valence-corrected chi connectivity index (χ3v) is 4.89. The van der Waals surface area contributed by atoms with E-state index in [1.807, 2.05) is 6.07 Å². The maximum atomic E-state index is 10.4. The summed E-state index contributed by atoms with van der Waals surface area (Å²) in [7, 11) is 0. The van der Waals surface area contributed by atoms with Crippen molar-refractivity contribution in [1.29, 1.82) is 0 Å². The highest BCUT2D eigenvalue weighted by Crippen LogP contribution is 2.35. The summed E-state index contributed by atoms with van der Waals surface area (Å²) >= 11 is 6.11. The van der Waals surface area contributed by atoms with E-state index < -0.39 is 31.1 Å². The van der Waals surface area contributed by atoms with Crippen molar-refractivity contribution < 1.29 is 20.1 Å². The predicted molar refractivity (Wildman–Crippen MR) is 105 cm³/mol. The first kappa shape index (κ1) is 19.5. The average molecular weight is 420 g/mol. The largest absolute Gasteiger partial charge is 0.394 e. The van der Waals surface area contributed by atoms with Gasteiger partial charge in [-0.15, -0.1) is 0 Å². The molecule has 1 saturated heterocycles. The quantitative estimate of drug-likeness (QED) is 0.285. The number of aromatic nitrogens is 4. The van der Waals surface area contributed by atoms with Crippen LogP contribution in [0.15, 0.2) is 35.7 Å². The van der Waals surface area contributed by atoms with Crippen molar-refractivity contribution in [3.63, 3.8) is 0 Å². The highest BCUT2D eigenvalue weighted by molar-refractivity contribution is 6.33. The number of aliphatic hydroxyl groups is 3. The van der Waals surface area contributed by atoms with Crippen LogP contribution in [0.2, 0.25) is 5.02 Å². The highest BCUT2D eigenvalue weighted by atomic mass is 35.5. The molecule has 29 heavy (non-hydrogen) atoms. The number of imidazole rings is 1. The van der Waals surface area contributed by atoms with Crippen molar-refractivity contribution >= 4 is 40.7 Å². The molecule has 0 amide bonds. The summed E-state index contributed by atoms with van der Waals surface area (Å²) in [6.07, 6.45) is -1.94. The summed E-state index contributed by atoms with van der Waals surface area (Å²) in [4.78, 5) is 12.4. The van der Waals surface area contributed by atoms with Gasteiger partial charge in [0.25, 0.3) is 0 Å². The zero-order valence-electron chi connectivity index (χ0n) is 14.9.